The first-order valence-corrected chi connectivity index (χ1v) is 8.72. The fourth-order valence-electron chi connectivity index (χ4n) is 2.20. The smallest absolute Gasteiger partial charge is 0.175 e. The molecular weight excluding hydrogens is 373 g/mol. The van der Waals surface area contributed by atoms with Gasteiger partial charge in [-0.25, -0.2) is 0 Å². The summed E-state index contributed by atoms with van der Waals surface area (Å²) in [5.74, 6) is 0. The Bertz CT molecular complexity index is 868. The minimum absolute atomic E-state index is 0.452. The lowest BCUT2D eigenvalue weighted by atomic mass is 10.2. The fourth-order valence-corrected chi connectivity index (χ4v) is 2.88. The molecule has 3 aromatic rings. The second-order valence-electron chi connectivity index (χ2n) is 5.27. The first-order chi connectivity index (χ1) is 12.1. The van der Waals surface area contributed by atoms with Gasteiger partial charge in [0.05, 0.1) is 10.7 Å². The van der Waals surface area contributed by atoms with Crippen molar-refractivity contribution in [3.8, 4) is 0 Å². The highest BCUT2D eigenvalue weighted by Crippen LogP contribution is 2.25. The highest BCUT2D eigenvalue weighted by molar-refractivity contribution is 7.80. The Balaban J connectivity index is 1.60. The molecule has 3 N–H and O–H groups in total. The van der Waals surface area contributed by atoms with Crippen LogP contribution in [0.15, 0.2) is 72.8 Å². The van der Waals surface area contributed by atoms with Crippen LogP contribution in [-0.4, -0.2) is 5.11 Å². The molecule has 0 aliphatic heterocycles. The Morgan fingerprint density at radius 2 is 1.36 bits per heavy atom. The summed E-state index contributed by atoms with van der Waals surface area (Å²) in [7, 11) is 0. The quantitative estimate of drug-likeness (QED) is 0.443. The van der Waals surface area contributed by atoms with Crippen molar-refractivity contribution in [1.29, 1.82) is 0 Å². The zero-order valence-electron chi connectivity index (χ0n) is 13.1. The summed E-state index contributed by atoms with van der Waals surface area (Å²) in [6.07, 6.45) is 0. The van der Waals surface area contributed by atoms with Gasteiger partial charge in [-0.05, 0) is 66.8 Å². The van der Waals surface area contributed by atoms with Crippen LogP contribution in [-0.2, 0) is 0 Å². The maximum atomic E-state index is 6.13. The number of halogens is 2. The number of benzene rings is 3. The Hall–Kier alpha value is -2.27. The van der Waals surface area contributed by atoms with Crippen LogP contribution in [0, 0.1) is 0 Å². The SMILES string of the molecule is S=C(Nc1ccc(Nc2ccccc2)cc1)Nc1ccc(Cl)cc1Cl. The Kier molecular flexibility index (Phi) is 5.76. The third-order valence-corrected chi connectivity index (χ3v) is 4.14. The molecule has 25 heavy (non-hydrogen) atoms. The molecule has 0 saturated carbocycles. The van der Waals surface area contributed by atoms with Crippen LogP contribution in [0.25, 0.3) is 0 Å². The van der Waals surface area contributed by atoms with E-state index in [1.54, 1.807) is 18.2 Å². The Labute approximate surface area is 162 Å². The van der Waals surface area contributed by atoms with Crippen LogP contribution in [0.2, 0.25) is 10.0 Å². The largest absolute Gasteiger partial charge is 0.356 e. The number of nitrogens with one attached hydrogen (secondary N) is 3. The van der Waals surface area contributed by atoms with Crippen LogP contribution in [0.4, 0.5) is 22.7 Å². The van der Waals surface area contributed by atoms with Crippen molar-refractivity contribution >= 4 is 63.3 Å². The summed E-state index contributed by atoms with van der Waals surface area (Å²) in [6, 6.07) is 23.0. The summed E-state index contributed by atoms with van der Waals surface area (Å²) in [4.78, 5) is 0. The second kappa shape index (κ2) is 8.21. The fraction of sp³-hybridized carbons (Fsp3) is 0. The van der Waals surface area contributed by atoms with Gasteiger partial charge in [0, 0.05) is 22.1 Å². The molecule has 3 aromatic carbocycles. The molecule has 0 aromatic heterocycles. The molecule has 0 unspecified atom stereocenters. The van der Waals surface area contributed by atoms with Gasteiger partial charge in [0.25, 0.3) is 0 Å². The van der Waals surface area contributed by atoms with E-state index in [1.165, 1.54) is 0 Å². The van der Waals surface area contributed by atoms with Crippen molar-refractivity contribution in [1.82, 2.24) is 0 Å². The molecule has 6 heteroatoms. The van der Waals surface area contributed by atoms with Crippen molar-refractivity contribution in [3.63, 3.8) is 0 Å². The van der Waals surface area contributed by atoms with Crippen LogP contribution < -0.4 is 16.0 Å². The second-order valence-corrected chi connectivity index (χ2v) is 6.52. The number of hydrogen-bond donors (Lipinski definition) is 3. The van der Waals surface area contributed by atoms with E-state index < -0.39 is 0 Å². The van der Waals surface area contributed by atoms with Gasteiger partial charge in [0.15, 0.2) is 5.11 Å². The lowest BCUT2D eigenvalue weighted by Crippen LogP contribution is -2.19. The average molecular weight is 388 g/mol. The standard InChI is InChI=1S/C19H15Cl2N3S/c20-13-6-11-18(17(21)12-13)24-19(25)23-16-9-7-15(8-10-16)22-14-4-2-1-3-5-14/h1-12,22H,(H2,23,24,25). The van der Waals surface area contributed by atoms with Gasteiger partial charge in [0.1, 0.15) is 0 Å². The lowest BCUT2D eigenvalue weighted by molar-refractivity contribution is 1.54. The van der Waals surface area contributed by atoms with E-state index in [1.807, 2.05) is 54.6 Å². The molecule has 3 nitrogen and oxygen atoms in total. The van der Waals surface area contributed by atoms with Crippen LogP contribution >= 0.6 is 35.4 Å². The highest BCUT2D eigenvalue weighted by atomic mass is 35.5. The molecule has 0 fully saturated rings. The van der Waals surface area contributed by atoms with Crippen LogP contribution in [0.1, 0.15) is 0 Å². The molecule has 126 valence electrons. The van der Waals surface area contributed by atoms with Crippen molar-refractivity contribution in [3.05, 3.63) is 82.8 Å². The summed E-state index contributed by atoms with van der Waals surface area (Å²) in [5.41, 5.74) is 3.61. The molecule has 3 rings (SSSR count). The lowest BCUT2D eigenvalue weighted by Gasteiger charge is -2.13. The molecule has 0 aliphatic rings. The minimum atomic E-state index is 0.452. The maximum Gasteiger partial charge on any atom is 0.175 e. The van der Waals surface area contributed by atoms with E-state index in [2.05, 4.69) is 16.0 Å². The highest BCUT2D eigenvalue weighted by Gasteiger charge is 2.04. The Morgan fingerprint density at radius 3 is 2.04 bits per heavy atom. The van der Waals surface area contributed by atoms with E-state index in [-0.39, 0.29) is 0 Å². The predicted octanol–water partition coefficient (Wildman–Crippen LogP) is 6.55. The topological polar surface area (TPSA) is 36.1 Å². The van der Waals surface area contributed by atoms with Crippen molar-refractivity contribution in [2.24, 2.45) is 0 Å². The Morgan fingerprint density at radius 1 is 0.720 bits per heavy atom. The molecule has 0 atom stereocenters. The van der Waals surface area contributed by atoms with Crippen molar-refractivity contribution < 1.29 is 0 Å². The van der Waals surface area contributed by atoms with Crippen LogP contribution in [0.3, 0.4) is 0 Å². The third kappa shape index (κ3) is 5.10. The minimum Gasteiger partial charge on any atom is -0.356 e. The summed E-state index contributed by atoms with van der Waals surface area (Å²) in [6.45, 7) is 0. The predicted molar refractivity (Wildman–Crippen MR) is 112 cm³/mol. The number of anilines is 4. The number of rotatable bonds is 4. The normalized spacial score (nSPS) is 10.2. The molecule has 0 radical (unpaired) electrons. The van der Waals surface area contributed by atoms with Gasteiger partial charge < -0.3 is 16.0 Å². The molecule has 0 spiro atoms. The first-order valence-electron chi connectivity index (χ1n) is 7.55. The maximum absolute atomic E-state index is 6.13. The van der Waals surface area contributed by atoms with E-state index in [0.717, 1.165) is 17.1 Å². The van der Waals surface area contributed by atoms with Crippen molar-refractivity contribution in [2.45, 2.75) is 0 Å². The summed E-state index contributed by atoms with van der Waals surface area (Å²) < 4.78 is 0. The molecule has 0 heterocycles. The molecule has 0 saturated heterocycles. The monoisotopic (exact) mass is 387 g/mol. The molecular formula is C19H15Cl2N3S. The van der Waals surface area contributed by atoms with E-state index >= 15 is 0 Å². The number of hydrogen-bond acceptors (Lipinski definition) is 2. The van der Waals surface area contributed by atoms with Gasteiger partial charge in [-0.1, -0.05) is 41.4 Å². The summed E-state index contributed by atoms with van der Waals surface area (Å²) in [5, 5.41) is 11.1. The average Bonchev–Trinajstić information content (AvgIpc) is 2.60. The first kappa shape index (κ1) is 17.5. The molecule has 0 aliphatic carbocycles. The van der Waals surface area contributed by atoms with Crippen molar-refractivity contribution in [2.75, 3.05) is 16.0 Å². The van der Waals surface area contributed by atoms with Gasteiger partial charge in [-0.2, -0.15) is 0 Å². The van der Waals surface area contributed by atoms with E-state index in [9.17, 15) is 0 Å². The van der Waals surface area contributed by atoms with Crippen LogP contribution in [0.5, 0.6) is 0 Å². The van der Waals surface area contributed by atoms with Gasteiger partial charge in [-0.15, -0.1) is 0 Å². The third-order valence-electron chi connectivity index (χ3n) is 3.38. The zero-order valence-corrected chi connectivity index (χ0v) is 15.4. The zero-order chi connectivity index (χ0) is 17.6. The molecule has 0 bridgehead atoms. The van der Waals surface area contributed by atoms with Gasteiger partial charge in [0.2, 0.25) is 0 Å². The molecule has 0 amide bonds. The number of para-hydroxylation sites is 1. The van der Waals surface area contributed by atoms with Gasteiger partial charge in [-0.3, -0.25) is 0 Å². The van der Waals surface area contributed by atoms with E-state index in [4.69, 9.17) is 35.4 Å². The summed E-state index contributed by atoms with van der Waals surface area (Å²) >= 11 is 17.3. The van der Waals surface area contributed by atoms with Gasteiger partial charge >= 0.3 is 0 Å². The van der Waals surface area contributed by atoms with E-state index in [0.29, 0.717) is 20.8 Å². The number of thiocarbonyl (C=S) groups is 1.